The van der Waals surface area contributed by atoms with Gasteiger partial charge in [0, 0.05) is 29.4 Å². The number of rotatable bonds is 7. The number of aliphatic carboxylic acids is 1. The van der Waals surface area contributed by atoms with Gasteiger partial charge in [-0.25, -0.2) is 9.67 Å². The van der Waals surface area contributed by atoms with Gasteiger partial charge in [-0.15, -0.1) is 0 Å². The molecule has 0 bridgehead atoms. The number of aromatic nitrogens is 3. The Bertz CT molecular complexity index is 1330. The number of fused-ring (bicyclic) bond motifs is 2. The van der Waals surface area contributed by atoms with Crippen LogP contribution < -0.4 is 4.74 Å². The largest absolute Gasteiger partial charge is 0.489 e. The fraction of sp³-hybridized carbons (Fsp3) is 0.444. The van der Waals surface area contributed by atoms with E-state index in [1.54, 1.807) is 0 Å². The normalized spacial score (nSPS) is 17.1. The third-order valence-corrected chi connectivity index (χ3v) is 7.87. The highest BCUT2D eigenvalue weighted by atomic mass is 35.5. The van der Waals surface area contributed by atoms with Crippen LogP contribution in [0.4, 0.5) is 0 Å². The molecule has 7 nitrogen and oxygen atoms in total. The van der Waals surface area contributed by atoms with Gasteiger partial charge < -0.3 is 9.84 Å². The molecule has 1 aliphatic carbocycles. The summed E-state index contributed by atoms with van der Waals surface area (Å²) in [5.74, 6) is -0.107. The molecule has 9 heteroatoms. The number of likely N-dealkylation sites (tertiary alicyclic amines) is 1. The second-order valence-corrected chi connectivity index (χ2v) is 10.7. The maximum atomic E-state index is 11.2. The first kappa shape index (κ1) is 25.1. The second kappa shape index (κ2) is 10.4. The summed E-state index contributed by atoms with van der Waals surface area (Å²) in [6, 6.07) is 8.23. The van der Waals surface area contributed by atoms with Crippen LogP contribution in [0.5, 0.6) is 5.75 Å². The van der Waals surface area contributed by atoms with Crippen LogP contribution in [0.1, 0.15) is 55.8 Å². The number of hydrogen-bond acceptors (Lipinski definition) is 5. The Hall–Kier alpha value is -2.61. The molecule has 1 aliphatic heterocycles. The summed E-state index contributed by atoms with van der Waals surface area (Å²) in [5.41, 5.74) is 5.17. The van der Waals surface area contributed by atoms with Gasteiger partial charge in [-0.1, -0.05) is 23.2 Å². The Morgan fingerprint density at radius 2 is 1.97 bits per heavy atom. The lowest BCUT2D eigenvalue weighted by Gasteiger charge is -2.32. The molecular formula is C27H30Cl2N4O3. The third-order valence-electron chi connectivity index (χ3n) is 7.12. The highest BCUT2D eigenvalue weighted by Crippen LogP contribution is 2.37. The first-order chi connectivity index (χ1) is 17.3. The first-order valence-corrected chi connectivity index (χ1v) is 13.2. The van der Waals surface area contributed by atoms with Crippen LogP contribution >= 0.6 is 23.2 Å². The lowest BCUT2D eigenvalue weighted by atomic mass is 9.90. The van der Waals surface area contributed by atoms with E-state index in [1.807, 2.05) is 42.9 Å². The van der Waals surface area contributed by atoms with E-state index < -0.39 is 5.97 Å². The van der Waals surface area contributed by atoms with Gasteiger partial charge in [0.2, 0.25) is 0 Å². The van der Waals surface area contributed by atoms with Gasteiger partial charge in [0.15, 0.2) is 10.8 Å². The zero-order valence-electron chi connectivity index (χ0n) is 20.5. The van der Waals surface area contributed by atoms with Crippen LogP contribution in [-0.2, 0) is 17.8 Å². The molecule has 1 N–H and O–H groups in total. The molecule has 0 unspecified atom stereocenters. The van der Waals surface area contributed by atoms with Gasteiger partial charge in [-0.2, -0.15) is 5.10 Å². The first-order valence-electron chi connectivity index (χ1n) is 12.4. The molecule has 36 heavy (non-hydrogen) atoms. The summed E-state index contributed by atoms with van der Waals surface area (Å²) in [6.07, 6.45) is 5.01. The van der Waals surface area contributed by atoms with E-state index >= 15 is 0 Å². The standard InChI is InChI=1S/C27H30Cl2N4O3/c1-16(2)33-26-23(25(29)31-33)11-17(13-30-26)15-36-21-5-6-22-19(12-21)3-4-20(24(22)28)14-32-9-7-18(8-10-32)27(34)35/h5-6,11-13,16,18H,3-4,7-10,14-15H2,1-2H3,(H,34,35). The third kappa shape index (κ3) is 5.10. The second-order valence-electron chi connectivity index (χ2n) is 9.96. The van der Waals surface area contributed by atoms with E-state index in [0.717, 1.165) is 65.4 Å². The fourth-order valence-corrected chi connectivity index (χ4v) is 5.62. The summed E-state index contributed by atoms with van der Waals surface area (Å²) in [4.78, 5) is 18.1. The quantitative estimate of drug-likeness (QED) is 0.408. The zero-order valence-corrected chi connectivity index (χ0v) is 22.0. The van der Waals surface area contributed by atoms with Crippen LogP contribution in [0.2, 0.25) is 5.15 Å². The van der Waals surface area contributed by atoms with E-state index in [-0.39, 0.29) is 12.0 Å². The summed E-state index contributed by atoms with van der Waals surface area (Å²) in [6.45, 7) is 6.88. The molecule has 2 aliphatic rings. The molecule has 0 amide bonds. The van der Waals surface area contributed by atoms with Crippen LogP contribution in [0.25, 0.3) is 16.1 Å². The molecular weight excluding hydrogens is 499 g/mol. The SMILES string of the molecule is CC(C)n1nc(Cl)c2cc(COc3ccc4c(c3)CCC(CN3CCC(C(=O)O)CC3)=C4Cl)cnc21. The van der Waals surface area contributed by atoms with E-state index in [1.165, 1.54) is 11.1 Å². The lowest BCUT2D eigenvalue weighted by Crippen LogP contribution is -2.37. The van der Waals surface area contributed by atoms with Crippen LogP contribution in [0.3, 0.4) is 0 Å². The Morgan fingerprint density at radius 3 is 2.69 bits per heavy atom. The number of aryl methyl sites for hydroxylation is 1. The topological polar surface area (TPSA) is 80.5 Å². The van der Waals surface area contributed by atoms with Crippen molar-refractivity contribution in [1.82, 2.24) is 19.7 Å². The summed E-state index contributed by atoms with van der Waals surface area (Å²) < 4.78 is 7.92. The molecule has 1 fully saturated rings. The Morgan fingerprint density at radius 1 is 1.19 bits per heavy atom. The van der Waals surface area contributed by atoms with Crippen molar-refractivity contribution in [3.8, 4) is 5.75 Å². The van der Waals surface area contributed by atoms with Crippen molar-refractivity contribution in [2.24, 2.45) is 5.92 Å². The predicted molar refractivity (Wildman–Crippen MR) is 142 cm³/mol. The summed E-state index contributed by atoms with van der Waals surface area (Å²) in [5, 5.41) is 15.7. The van der Waals surface area contributed by atoms with Crippen molar-refractivity contribution in [3.63, 3.8) is 0 Å². The monoisotopic (exact) mass is 528 g/mol. The number of benzene rings is 1. The Balaban J connectivity index is 1.25. The van der Waals surface area contributed by atoms with Gasteiger partial charge in [0.25, 0.3) is 0 Å². The number of pyridine rings is 1. The smallest absolute Gasteiger partial charge is 0.306 e. The van der Waals surface area contributed by atoms with Crippen molar-refractivity contribution < 1.29 is 14.6 Å². The Kier molecular flexibility index (Phi) is 7.24. The number of piperidine rings is 1. The number of ether oxygens (including phenoxy) is 1. The minimum atomic E-state index is -0.681. The molecule has 190 valence electrons. The minimum absolute atomic E-state index is 0.177. The molecule has 2 aromatic heterocycles. The number of nitrogens with zero attached hydrogens (tertiary/aromatic N) is 4. The average molecular weight is 529 g/mol. The van der Waals surface area contributed by atoms with Crippen LogP contribution in [0, 0.1) is 5.92 Å². The summed E-state index contributed by atoms with van der Waals surface area (Å²) in [7, 11) is 0. The van der Waals surface area contributed by atoms with E-state index in [2.05, 4.69) is 21.0 Å². The molecule has 0 spiro atoms. The van der Waals surface area contributed by atoms with Gasteiger partial charge in [-0.05, 0) is 93.6 Å². The number of carboxylic acid groups (broad SMARTS) is 1. The maximum absolute atomic E-state index is 11.2. The Labute approximate surface area is 220 Å². The molecule has 1 aromatic carbocycles. The van der Waals surface area contributed by atoms with Crippen molar-refractivity contribution in [2.75, 3.05) is 19.6 Å². The van der Waals surface area contributed by atoms with E-state index in [0.29, 0.717) is 24.6 Å². The molecule has 3 aromatic rings. The van der Waals surface area contributed by atoms with Gasteiger partial charge in [-0.3, -0.25) is 9.69 Å². The average Bonchev–Trinajstić information content (AvgIpc) is 3.21. The zero-order chi connectivity index (χ0) is 25.4. The summed E-state index contributed by atoms with van der Waals surface area (Å²) >= 11 is 13.2. The van der Waals surface area contributed by atoms with Crippen molar-refractivity contribution >= 4 is 45.2 Å². The van der Waals surface area contributed by atoms with Crippen LogP contribution in [-0.4, -0.2) is 50.4 Å². The highest BCUT2D eigenvalue weighted by molar-refractivity contribution is 6.49. The van der Waals surface area contributed by atoms with Gasteiger partial charge in [0.05, 0.1) is 11.3 Å². The lowest BCUT2D eigenvalue weighted by molar-refractivity contribution is -0.143. The number of carbonyl (C=O) groups is 1. The predicted octanol–water partition coefficient (Wildman–Crippen LogP) is 5.94. The van der Waals surface area contributed by atoms with Crippen molar-refractivity contribution in [3.05, 3.63) is 57.9 Å². The van der Waals surface area contributed by atoms with Crippen molar-refractivity contribution in [2.45, 2.75) is 52.2 Å². The molecule has 0 saturated carbocycles. The number of hydrogen-bond donors (Lipinski definition) is 1. The number of halogens is 2. The van der Waals surface area contributed by atoms with E-state index in [9.17, 15) is 9.90 Å². The minimum Gasteiger partial charge on any atom is -0.489 e. The molecule has 5 rings (SSSR count). The molecule has 0 radical (unpaired) electrons. The highest BCUT2D eigenvalue weighted by Gasteiger charge is 2.26. The maximum Gasteiger partial charge on any atom is 0.306 e. The van der Waals surface area contributed by atoms with Crippen LogP contribution in [0.15, 0.2) is 36.0 Å². The van der Waals surface area contributed by atoms with E-state index in [4.69, 9.17) is 27.9 Å². The fourth-order valence-electron chi connectivity index (χ4n) is 5.06. The molecule has 3 heterocycles. The van der Waals surface area contributed by atoms with Gasteiger partial charge in [0.1, 0.15) is 12.4 Å². The van der Waals surface area contributed by atoms with Crippen molar-refractivity contribution in [1.29, 1.82) is 0 Å². The molecule has 1 saturated heterocycles. The van der Waals surface area contributed by atoms with Gasteiger partial charge >= 0.3 is 5.97 Å². The number of carboxylic acids is 1. The molecule has 0 atom stereocenters.